The highest BCUT2D eigenvalue weighted by atomic mass is 16.2. The summed E-state index contributed by atoms with van der Waals surface area (Å²) in [5.41, 5.74) is 6.62. The van der Waals surface area contributed by atoms with E-state index >= 15 is 0 Å². The molecule has 0 bridgehead atoms. The van der Waals surface area contributed by atoms with Gasteiger partial charge in [0, 0.05) is 26.3 Å². The number of likely N-dealkylation sites (tertiary alicyclic amines) is 1. The molecule has 0 aromatic carbocycles. The molecule has 5 heteroatoms. The lowest BCUT2D eigenvalue weighted by Gasteiger charge is -2.19. The Morgan fingerprint density at radius 2 is 1.94 bits per heavy atom. The molecular weight excluding hydrogens is 204 g/mol. The zero-order valence-electron chi connectivity index (χ0n) is 9.65. The van der Waals surface area contributed by atoms with Crippen molar-refractivity contribution in [1.29, 1.82) is 0 Å². The topological polar surface area (TPSA) is 64.2 Å². The Kier molecular flexibility index (Phi) is 3.12. The first-order chi connectivity index (χ1) is 7.68. The molecule has 0 aliphatic carbocycles. The molecule has 1 aliphatic rings. The van der Waals surface area contributed by atoms with Crippen molar-refractivity contribution in [3.63, 3.8) is 0 Å². The van der Waals surface area contributed by atoms with Crippen LogP contribution in [0.15, 0.2) is 6.20 Å². The highest BCUT2D eigenvalue weighted by Gasteiger charge is 2.21. The van der Waals surface area contributed by atoms with Gasteiger partial charge in [0.2, 0.25) is 0 Å². The van der Waals surface area contributed by atoms with Gasteiger partial charge >= 0.3 is 0 Å². The van der Waals surface area contributed by atoms with Crippen LogP contribution in [0.25, 0.3) is 0 Å². The van der Waals surface area contributed by atoms with E-state index in [0.717, 1.165) is 25.9 Å². The monoisotopic (exact) mass is 222 g/mol. The number of nitrogens with two attached hydrogens (primary N) is 1. The van der Waals surface area contributed by atoms with Crippen LogP contribution >= 0.6 is 0 Å². The minimum Gasteiger partial charge on any atom is -0.396 e. The van der Waals surface area contributed by atoms with E-state index in [1.165, 1.54) is 12.8 Å². The van der Waals surface area contributed by atoms with Crippen molar-refractivity contribution >= 4 is 11.6 Å². The highest BCUT2D eigenvalue weighted by Crippen LogP contribution is 2.15. The van der Waals surface area contributed by atoms with Gasteiger partial charge in [-0.15, -0.1) is 0 Å². The molecule has 2 rings (SSSR count). The molecular formula is C11H18N4O. The fourth-order valence-corrected chi connectivity index (χ4v) is 2.10. The molecule has 16 heavy (non-hydrogen) atoms. The number of carbonyl (C=O) groups is 1. The van der Waals surface area contributed by atoms with Crippen molar-refractivity contribution in [3.8, 4) is 0 Å². The zero-order chi connectivity index (χ0) is 11.5. The molecule has 1 saturated heterocycles. The van der Waals surface area contributed by atoms with Crippen LogP contribution in [0.1, 0.15) is 36.2 Å². The number of nitrogens with zero attached hydrogens (tertiary/aromatic N) is 3. The smallest absolute Gasteiger partial charge is 0.276 e. The third kappa shape index (κ3) is 2.18. The second-order valence-electron chi connectivity index (χ2n) is 4.31. The molecule has 0 atom stereocenters. The van der Waals surface area contributed by atoms with Crippen LogP contribution in [0.4, 0.5) is 5.69 Å². The molecule has 1 aromatic rings. The molecule has 1 amide bonds. The summed E-state index contributed by atoms with van der Waals surface area (Å²) in [6.45, 7) is 1.66. The summed E-state index contributed by atoms with van der Waals surface area (Å²) in [7, 11) is 1.77. The van der Waals surface area contributed by atoms with Crippen LogP contribution in [0.5, 0.6) is 0 Å². The predicted octanol–water partition coefficient (Wildman–Crippen LogP) is 1.02. The van der Waals surface area contributed by atoms with Crippen LogP contribution in [-0.2, 0) is 7.05 Å². The molecule has 88 valence electrons. The van der Waals surface area contributed by atoms with Crippen LogP contribution in [-0.4, -0.2) is 33.7 Å². The van der Waals surface area contributed by atoms with Gasteiger partial charge in [-0.2, -0.15) is 5.10 Å². The minimum absolute atomic E-state index is 0.0278. The summed E-state index contributed by atoms with van der Waals surface area (Å²) in [6.07, 6.45) is 6.25. The number of rotatable bonds is 1. The summed E-state index contributed by atoms with van der Waals surface area (Å²) in [4.78, 5) is 14.0. The normalized spacial score (nSPS) is 17.2. The van der Waals surface area contributed by atoms with Gasteiger partial charge in [0.1, 0.15) is 0 Å². The number of anilines is 1. The van der Waals surface area contributed by atoms with E-state index in [1.807, 2.05) is 4.90 Å². The summed E-state index contributed by atoms with van der Waals surface area (Å²) >= 11 is 0. The predicted molar refractivity (Wildman–Crippen MR) is 62.0 cm³/mol. The first-order valence-corrected chi connectivity index (χ1v) is 5.77. The number of aryl methyl sites for hydroxylation is 1. The quantitative estimate of drug-likeness (QED) is 0.771. The maximum absolute atomic E-state index is 12.2. The van der Waals surface area contributed by atoms with Crippen LogP contribution in [0.2, 0.25) is 0 Å². The van der Waals surface area contributed by atoms with E-state index in [4.69, 9.17) is 5.73 Å². The maximum atomic E-state index is 12.2. The minimum atomic E-state index is -0.0278. The number of hydrogen-bond acceptors (Lipinski definition) is 3. The lowest BCUT2D eigenvalue weighted by molar-refractivity contribution is 0.0756. The molecule has 0 saturated carbocycles. The Hall–Kier alpha value is -1.52. The van der Waals surface area contributed by atoms with Crippen molar-refractivity contribution in [2.75, 3.05) is 18.8 Å². The molecule has 1 aliphatic heterocycles. The van der Waals surface area contributed by atoms with Gasteiger partial charge in [0.25, 0.3) is 5.91 Å². The van der Waals surface area contributed by atoms with Crippen LogP contribution in [0, 0.1) is 0 Å². The fourth-order valence-electron chi connectivity index (χ4n) is 2.10. The molecule has 2 N–H and O–H groups in total. The molecule has 2 heterocycles. The van der Waals surface area contributed by atoms with E-state index in [1.54, 1.807) is 17.9 Å². The highest BCUT2D eigenvalue weighted by molar-refractivity contribution is 5.97. The molecule has 1 aromatic heterocycles. The first-order valence-electron chi connectivity index (χ1n) is 5.77. The lowest BCUT2D eigenvalue weighted by atomic mass is 10.2. The van der Waals surface area contributed by atoms with Gasteiger partial charge in [-0.3, -0.25) is 9.48 Å². The maximum Gasteiger partial charge on any atom is 0.276 e. The lowest BCUT2D eigenvalue weighted by Crippen LogP contribution is -2.32. The number of amides is 1. The average molecular weight is 222 g/mol. The van der Waals surface area contributed by atoms with Gasteiger partial charge in [-0.25, -0.2) is 0 Å². The molecule has 0 radical (unpaired) electrons. The summed E-state index contributed by atoms with van der Waals surface area (Å²) < 4.78 is 1.58. The SMILES string of the molecule is Cn1cc(N)c(C(=O)N2CCCCCC2)n1. The summed E-state index contributed by atoms with van der Waals surface area (Å²) in [6, 6.07) is 0. The molecule has 0 spiro atoms. The van der Waals surface area contributed by atoms with Gasteiger partial charge in [0.15, 0.2) is 5.69 Å². The Labute approximate surface area is 95.2 Å². The molecule has 0 unspecified atom stereocenters. The molecule has 1 fully saturated rings. The third-order valence-corrected chi connectivity index (χ3v) is 2.95. The van der Waals surface area contributed by atoms with Gasteiger partial charge in [0.05, 0.1) is 5.69 Å². The van der Waals surface area contributed by atoms with Crippen molar-refractivity contribution in [2.24, 2.45) is 7.05 Å². The second kappa shape index (κ2) is 4.55. The number of hydrogen-bond donors (Lipinski definition) is 1. The summed E-state index contributed by atoms with van der Waals surface area (Å²) in [5.74, 6) is -0.0278. The van der Waals surface area contributed by atoms with E-state index < -0.39 is 0 Å². The molecule has 5 nitrogen and oxygen atoms in total. The fraction of sp³-hybridized carbons (Fsp3) is 0.636. The third-order valence-electron chi connectivity index (χ3n) is 2.95. The van der Waals surface area contributed by atoms with Gasteiger partial charge in [-0.05, 0) is 12.8 Å². The standard InChI is InChI=1S/C11H18N4O/c1-14-8-9(12)10(13-14)11(16)15-6-4-2-3-5-7-15/h8H,2-7,12H2,1H3. The van der Waals surface area contributed by atoms with E-state index in [-0.39, 0.29) is 5.91 Å². The zero-order valence-corrected chi connectivity index (χ0v) is 9.65. The largest absolute Gasteiger partial charge is 0.396 e. The second-order valence-corrected chi connectivity index (χ2v) is 4.31. The van der Waals surface area contributed by atoms with E-state index in [9.17, 15) is 4.79 Å². The van der Waals surface area contributed by atoms with Gasteiger partial charge in [-0.1, -0.05) is 12.8 Å². The number of aromatic nitrogens is 2. The van der Waals surface area contributed by atoms with Crippen molar-refractivity contribution in [1.82, 2.24) is 14.7 Å². The van der Waals surface area contributed by atoms with E-state index in [2.05, 4.69) is 5.10 Å². The Morgan fingerprint density at radius 3 is 2.44 bits per heavy atom. The van der Waals surface area contributed by atoms with Crippen LogP contribution < -0.4 is 5.73 Å². The Balaban J connectivity index is 2.14. The van der Waals surface area contributed by atoms with Crippen molar-refractivity contribution in [2.45, 2.75) is 25.7 Å². The average Bonchev–Trinajstić information content (AvgIpc) is 2.49. The Morgan fingerprint density at radius 1 is 1.31 bits per heavy atom. The first kappa shape index (κ1) is 11.0. The van der Waals surface area contributed by atoms with Crippen molar-refractivity contribution < 1.29 is 4.79 Å². The number of nitrogen functional groups attached to an aromatic ring is 1. The number of carbonyl (C=O) groups excluding carboxylic acids is 1. The Bertz CT molecular complexity index is 377. The van der Waals surface area contributed by atoms with Gasteiger partial charge < -0.3 is 10.6 Å². The van der Waals surface area contributed by atoms with Crippen LogP contribution in [0.3, 0.4) is 0 Å². The van der Waals surface area contributed by atoms with Crippen molar-refractivity contribution in [3.05, 3.63) is 11.9 Å². The summed E-state index contributed by atoms with van der Waals surface area (Å²) in [5, 5.41) is 4.12. The van der Waals surface area contributed by atoms with E-state index in [0.29, 0.717) is 11.4 Å².